The van der Waals surface area contributed by atoms with Gasteiger partial charge in [-0.15, -0.1) is 10.2 Å². The third kappa shape index (κ3) is 4.59. The molecule has 1 fully saturated rings. The van der Waals surface area contributed by atoms with Crippen LogP contribution in [0.2, 0.25) is 5.02 Å². The van der Waals surface area contributed by atoms with Gasteiger partial charge in [0.1, 0.15) is 0 Å². The lowest BCUT2D eigenvalue weighted by molar-refractivity contribution is -0.115. The fourth-order valence-corrected chi connectivity index (χ4v) is 4.03. The van der Waals surface area contributed by atoms with E-state index in [1.807, 2.05) is 19.9 Å². The van der Waals surface area contributed by atoms with Crippen LogP contribution < -0.4 is 10.6 Å². The quantitative estimate of drug-likeness (QED) is 0.748. The van der Waals surface area contributed by atoms with Gasteiger partial charge in [-0.05, 0) is 44.4 Å². The molecule has 122 valence electrons. The van der Waals surface area contributed by atoms with Crippen molar-refractivity contribution >= 4 is 51.4 Å². The Morgan fingerprint density at radius 2 is 2.22 bits per heavy atom. The molecule has 1 aliphatic rings. The van der Waals surface area contributed by atoms with Gasteiger partial charge in [0.05, 0.1) is 5.25 Å². The highest BCUT2D eigenvalue weighted by Gasteiger charge is 2.23. The van der Waals surface area contributed by atoms with E-state index in [2.05, 4.69) is 20.8 Å². The van der Waals surface area contributed by atoms with E-state index in [0.717, 1.165) is 20.7 Å². The monoisotopic (exact) mass is 368 g/mol. The lowest BCUT2D eigenvalue weighted by Gasteiger charge is -2.12. The molecule has 1 saturated carbocycles. The highest BCUT2D eigenvalue weighted by molar-refractivity contribution is 8.02. The first kappa shape index (κ1) is 16.5. The molecule has 1 atom stereocenters. The zero-order chi connectivity index (χ0) is 16.4. The zero-order valence-corrected chi connectivity index (χ0v) is 15.2. The van der Waals surface area contributed by atoms with Crippen molar-refractivity contribution in [3.63, 3.8) is 0 Å². The molecule has 3 rings (SSSR count). The van der Waals surface area contributed by atoms with E-state index in [9.17, 15) is 4.79 Å². The second kappa shape index (κ2) is 7.07. The van der Waals surface area contributed by atoms with E-state index < -0.39 is 0 Å². The second-order valence-corrected chi connectivity index (χ2v) is 8.50. The van der Waals surface area contributed by atoms with Crippen molar-refractivity contribution in [1.82, 2.24) is 10.2 Å². The lowest BCUT2D eigenvalue weighted by Crippen LogP contribution is -2.22. The highest BCUT2D eigenvalue weighted by atomic mass is 35.5. The number of nitrogens with zero attached hydrogens (tertiary/aromatic N) is 2. The van der Waals surface area contributed by atoms with E-state index in [1.54, 1.807) is 12.1 Å². The van der Waals surface area contributed by atoms with Crippen molar-refractivity contribution < 1.29 is 4.79 Å². The maximum Gasteiger partial charge on any atom is 0.237 e. The summed E-state index contributed by atoms with van der Waals surface area (Å²) in [4.78, 5) is 12.3. The Kier molecular flexibility index (Phi) is 5.08. The summed E-state index contributed by atoms with van der Waals surface area (Å²) < 4.78 is 0.790. The highest BCUT2D eigenvalue weighted by Crippen LogP contribution is 2.32. The summed E-state index contributed by atoms with van der Waals surface area (Å²) in [7, 11) is 0. The molecule has 1 aliphatic carbocycles. The Morgan fingerprint density at radius 1 is 1.43 bits per heavy atom. The molecule has 5 nitrogen and oxygen atoms in total. The van der Waals surface area contributed by atoms with Crippen molar-refractivity contribution in [1.29, 1.82) is 0 Å². The van der Waals surface area contributed by atoms with Crippen LogP contribution in [0.25, 0.3) is 0 Å². The van der Waals surface area contributed by atoms with Gasteiger partial charge in [-0.1, -0.05) is 40.8 Å². The molecule has 23 heavy (non-hydrogen) atoms. The third-order valence-corrected chi connectivity index (χ3v) is 5.69. The molecule has 0 unspecified atom stereocenters. The molecule has 0 radical (unpaired) electrons. The summed E-state index contributed by atoms with van der Waals surface area (Å²) in [6.07, 6.45) is 2.39. The number of aryl methyl sites for hydroxylation is 1. The molecular formula is C15H17ClN4OS2. The fraction of sp³-hybridized carbons (Fsp3) is 0.400. The Bertz CT molecular complexity index is 717. The second-order valence-electron chi connectivity index (χ2n) is 5.50. The summed E-state index contributed by atoms with van der Waals surface area (Å²) in [6.45, 7) is 3.79. The van der Waals surface area contributed by atoms with Crippen LogP contribution >= 0.6 is 34.7 Å². The summed E-state index contributed by atoms with van der Waals surface area (Å²) in [6, 6.07) is 6.00. The molecule has 0 bridgehead atoms. The Balaban J connectivity index is 1.58. The fourth-order valence-electron chi connectivity index (χ4n) is 1.89. The van der Waals surface area contributed by atoms with Gasteiger partial charge >= 0.3 is 0 Å². The van der Waals surface area contributed by atoms with Gasteiger partial charge in [0.2, 0.25) is 11.0 Å². The SMILES string of the molecule is Cc1ccc(Cl)cc1NC(=O)[C@H](C)Sc1nnc(NC2CC2)s1. The van der Waals surface area contributed by atoms with E-state index in [-0.39, 0.29) is 11.2 Å². The Morgan fingerprint density at radius 3 is 2.96 bits per heavy atom. The zero-order valence-electron chi connectivity index (χ0n) is 12.8. The topological polar surface area (TPSA) is 66.9 Å². The number of nitrogens with one attached hydrogen (secondary N) is 2. The maximum atomic E-state index is 12.3. The van der Waals surface area contributed by atoms with E-state index >= 15 is 0 Å². The number of aromatic nitrogens is 2. The van der Waals surface area contributed by atoms with E-state index in [0.29, 0.717) is 11.1 Å². The number of halogens is 1. The van der Waals surface area contributed by atoms with Gasteiger partial charge in [0.25, 0.3) is 0 Å². The molecule has 8 heteroatoms. The minimum Gasteiger partial charge on any atom is -0.357 e. The van der Waals surface area contributed by atoms with E-state index in [4.69, 9.17) is 11.6 Å². The predicted octanol–water partition coefficient (Wildman–Crippen LogP) is 4.19. The Labute approximate surface area is 148 Å². The van der Waals surface area contributed by atoms with Gasteiger partial charge in [0, 0.05) is 16.8 Å². The number of hydrogen-bond acceptors (Lipinski definition) is 6. The van der Waals surface area contributed by atoms with E-state index in [1.165, 1.54) is 35.9 Å². The number of benzene rings is 1. The van der Waals surface area contributed by atoms with Crippen LogP contribution in [0.1, 0.15) is 25.3 Å². The number of carbonyl (C=O) groups excluding carboxylic acids is 1. The minimum atomic E-state index is -0.268. The van der Waals surface area contributed by atoms with Crippen molar-refractivity contribution in [3.8, 4) is 0 Å². The first-order valence-electron chi connectivity index (χ1n) is 7.35. The average Bonchev–Trinajstić information content (AvgIpc) is 3.21. The molecule has 2 N–H and O–H groups in total. The molecule has 1 amide bonds. The summed E-state index contributed by atoms with van der Waals surface area (Å²) in [5, 5.41) is 15.6. The summed E-state index contributed by atoms with van der Waals surface area (Å²) >= 11 is 8.88. The van der Waals surface area contributed by atoms with Crippen LogP contribution in [0.4, 0.5) is 10.8 Å². The molecular weight excluding hydrogens is 352 g/mol. The normalized spacial score (nSPS) is 15.3. The van der Waals surface area contributed by atoms with Crippen LogP contribution in [0, 0.1) is 6.92 Å². The van der Waals surface area contributed by atoms with Crippen molar-refractivity contribution in [2.24, 2.45) is 0 Å². The number of rotatable bonds is 6. The largest absolute Gasteiger partial charge is 0.357 e. The molecule has 0 aliphatic heterocycles. The summed E-state index contributed by atoms with van der Waals surface area (Å²) in [5.74, 6) is -0.0766. The van der Waals surface area contributed by atoms with Crippen LogP contribution in [0.5, 0.6) is 0 Å². The molecule has 1 heterocycles. The van der Waals surface area contributed by atoms with Crippen LogP contribution in [-0.2, 0) is 4.79 Å². The van der Waals surface area contributed by atoms with Crippen LogP contribution in [0.15, 0.2) is 22.5 Å². The average molecular weight is 369 g/mol. The maximum absolute atomic E-state index is 12.3. The smallest absolute Gasteiger partial charge is 0.237 e. The number of amides is 1. The number of hydrogen-bond donors (Lipinski definition) is 2. The molecule has 2 aromatic rings. The predicted molar refractivity (Wildman–Crippen MR) is 96.7 cm³/mol. The van der Waals surface area contributed by atoms with Crippen LogP contribution in [0.3, 0.4) is 0 Å². The number of anilines is 2. The number of carbonyl (C=O) groups is 1. The first-order chi connectivity index (χ1) is 11.0. The first-order valence-corrected chi connectivity index (χ1v) is 9.42. The van der Waals surface area contributed by atoms with Gasteiger partial charge in [-0.25, -0.2) is 0 Å². The van der Waals surface area contributed by atoms with Crippen molar-refractivity contribution in [3.05, 3.63) is 28.8 Å². The summed E-state index contributed by atoms with van der Waals surface area (Å²) in [5.41, 5.74) is 1.72. The standard InChI is InChI=1S/C15H17ClN4OS2/c1-8-3-4-10(16)7-12(8)18-13(21)9(2)22-15-20-19-14(23-15)17-11-5-6-11/h3-4,7,9,11H,5-6H2,1-2H3,(H,17,19)(H,18,21)/t9-/m0/s1. The lowest BCUT2D eigenvalue weighted by atomic mass is 10.2. The van der Waals surface area contributed by atoms with Crippen LogP contribution in [-0.4, -0.2) is 27.4 Å². The van der Waals surface area contributed by atoms with Gasteiger partial charge in [-0.2, -0.15) is 0 Å². The molecule has 1 aromatic carbocycles. The van der Waals surface area contributed by atoms with Gasteiger partial charge in [-0.3, -0.25) is 4.79 Å². The minimum absolute atomic E-state index is 0.0766. The molecule has 0 spiro atoms. The Hall–Kier alpha value is -1.31. The van der Waals surface area contributed by atoms with Crippen molar-refractivity contribution in [2.75, 3.05) is 10.6 Å². The molecule has 1 aromatic heterocycles. The third-order valence-electron chi connectivity index (χ3n) is 3.42. The van der Waals surface area contributed by atoms with Gasteiger partial charge in [0.15, 0.2) is 4.34 Å². The van der Waals surface area contributed by atoms with Gasteiger partial charge < -0.3 is 10.6 Å². The van der Waals surface area contributed by atoms with Crippen molar-refractivity contribution in [2.45, 2.75) is 42.3 Å². The number of thioether (sulfide) groups is 1. The molecule has 0 saturated heterocycles.